The molecule has 0 radical (unpaired) electrons. The highest BCUT2D eigenvalue weighted by Gasteiger charge is 2.35. The summed E-state index contributed by atoms with van der Waals surface area (Å²) in [6.45, 7) is 3.30. The number of rotatable bonds is 3. The number of likely N-dealkylation sites (N-methyl/N-ethyl adjacent to an activating group) is 1. The number of β-amino-alcohol motifs (C(OH)–C–C–N with tert-alkyl or cyclic N) is 1. The van der Waals surface area contributed by atoms with Gasteiger partial charge in [0.2, 0.25) is 0 Å². The molecule has 1 amide bonds. The lowest BCUT2D eigenvalue weighted by molar-refractivity contribution is 0.0937. The Morgan fingerprint density at radius 3 is 2.80 bits per heavy atom. The molecule has 1 aliphatic heterocycles. The minimum absolute atomic E-state index is 0.0639. The van der Waals surface area contributed by atoms with Crippen LogP contribution in [0.3, 0.4) is 0 Å². The zero-order valence-electron chi connectivity index (χ0n) is 9.64. The summed E-state index contributed by atoms with van der Waals surface area (Å²) in [5.74, 6) is 0. The van der Waals surface area contributed by atoms with Crippen LogP contribution in [0.15, 0.2) is 0 Å². The average molecular weight is 216 g/mol. The molecule has 1 heterocycles. The second kappa shape index (κ2) is 5.32. The molecule has 15 heavy (non-hydrogen) atoms. The predicted molar refractivity (Wildman–Crippen MR) is 56.7 cm³/mol. The number of carbonyl (C=O) groups excluding carboxylic acids is 1. The van der Waals surface area contributed by atoms with E-state index in [2.05, 4.69) is 0 Å². The van der Waals surface area contributed by atoms with Gasteiger partial charge in [-0.05, 0) is 27.4 Å². The van der Waals surface area contributed by atoms with E-state index in [9.17, 15) is 9.90 Å². The highest BCUT2D eigenvalue weighted by molar-refractivity contribution is 5.68. The summed E-state index contributed by atoms with van der Waals surface area (Å²) >= 11 is 0. The maximum Gasteiger partial charge on any atom is 0.410 e. The Bertz CT molecular complexity index is 221. The third kappa shape index (κ3) is 3.35. The van der Waals surface area contributed by atoms with Crippen molar-refractivity contribution >= 4 is 6.09 Å². The van der Waals surface area contributed by atoms with E-state index in [1.807, 2.05) is 19.0 Å². The van der Waals surface area contributed by atoms with Gasteiger partial charge in [0.25, 0.3) is 0 Å². The van der Waals surface area contributed by atoms with E-state index in [-0.39, 0.29) is 12.1 Å². The van der Waals surface area contributed by atoms with E-state index < -0.39 is 6.10 Å². The lowest BCUT2D eigenvalue weighted by Gasteiger charge is -2.25. The first-order valence-corrected chi connectivity index (χ1v) is 5.30. The molecule has 0 bridgehead atoms. The quantitative estimate of drug-likeness (QED) is 0.729. The Morgan fingerprint density at radius 1 is 1.60 bits per heavy atom. The standard InChI is InChI=1S/C10H20N2O3/c1-4-15-10(14)12-7-9(13)5-8(12)6-11(2)3/h8-9,13H,4-7H2,1-3H3. The number of aliphatic hydroxyl groups excluding tert-OH is 1. The fraction of sp³-hybridized carbons (Fsp3) is 0.900. The smallest absolute Gasteiger partial charge is 0.410 e. The van der Waals surface area contributed by atoms with E-state index >= 15 is 0 Å². The minimum Gasteiger partial charge on any atom is -0.450 e. The first kappa shape index (κ1) is 12.3. The molecule has 88 valence electrons. The summed E-state index contributed by atoms with van der Waals surface area (Å²) in [6.07, 6.45) is -0.1000. The summed E-state index contributed by atoms with van der Waals surface area (Å²) in [5.41, 5.74) is 0. The number of carbonyl (C=O) groups is 1. The first-order chi connectivity index (χ1) is 7.04. The monoisotopic (exact) mass is 216 g/mol. The second-order valence-electron chi connectivity index (χ2n) is 4.16. The largest absolute Gasteiger partial charge is 0.450 e. The first-order valence-electron chi connectivity index (χ1n) is 5.30. The summed E-state index contributed by atoms with van der Waals surface area (Å²) in [7, 11) is 3.90. The normalized spacial score (nSPS) is 26.1. The van der Waals surface area contributed by atoms with Crippen LogP contribution in [-0.4, -0.2) is 66.9 Å². The Balaban J connectivity index is 2.56. The maximum atomic E-state index is 11.6. The Morgan fingerprint density at radius 2 is 2.27 bits per heavy atom. The van der Waals surface area contributed by atoms with Crippen LogP contribution < -0.4 is 0 Å². The van der Waals surface area contributed by atoms with Crippen molar-refractivity contribution in [3.05, 3.63) is 0 Å². The Hall–Kier alpha value is -0.810. The SMILES string of the molecule is CCOC(=O)N1CC(O)CC1CN(C)C. The molecule has 2 atom stereocenters. The predicted octanol–water partition coefficient (Wildman–Crippen LogP) is 0.140. The molecular weight excluding hydrogens is 196 g/mol. The Labute approximate surface area is 90.6 Å². The van der Waals surface area contributed by atoms with Crippen molar-refractivity contribution in [2.24, 2.45) is 0 Å². The van der Waals surface area contributed by atoms with Crippen molar-refractivity contribution in [1.82, 2.24) is 9.80 Å². The van der Waals surface area contributed by atoms with Crippen LogP contribution in [0, 0.1) is 0 Å². The van der Waals surface area contributed by atoms with E-state index in [1.54, 1.807) is 11.8 Å². The molecule has 0 aliphatic carbocycles. The van der Waals surface area contributed by atoms with Gasteiger partial charge in [-0.2, -0.15) is 0 Å². The summed E-state index contributed by atoms with van der Waals surface area (Å²) in [5, 5.41) is 9.53. The van der Waals surface area contributed by atoms with Gasteiger partial charge in [0.15, 0.2) is 0 Å². The van der Waals surface area contributed by atoms with Crippen LogP contribution in [0.5, 0.6) is 0 Å². The molecule has 1 aliphatic rings. The van der Waals surface area contributed by atoms with Gasteiger partial charge in [-0.15, -0.1) is 0 Å². The number of aliphatic hydroxyl groups is 1. The van der Waals surface area contributed by atoms with E-state index in [0.29, 0.717) is 19.6 Å². The molecule has 5 heteroatoms. The van der Waals surface area contributed by atoms with Crippen LogP contribution >= 0.6 is 0 Å². The van der Waals surface area contributed by atoms with Crippen molar-refractivity contribution in [1.29, 1.82) is 0 Å². The van der Waals surface area contributed by atoms with Gasteiger partial charge in [0.1, 0.15) is 0 Å². The second-order valence-corrected chi connectivity index (χ2v) is 4.16. The lowest BCUT2D eigenvalue weighted by Crippen LogP contribution is -2.41. The summed E-state index contributed by atoms with van der Waals surface area (Å²) in [6, 6.07) is 0.0639. The number of nitrogens with zero attached hydrogens (tertiary/aromatic N) is 2. The van der Waals surface area contributed by atoms with Crippen molar-refractivity contribution < 1.29 is 14.6 Å². The van der Waals surface area contributed by atoms with Gasteiger partial charge < -0.3 is 19.6 Å². The van der Waals surface area contributed by atoms with Gasteiger partial charge in [-0.3, -0.25) is 0 Å². The molecule has 0 aromatic rings. The molecule has 1 N–H and O–H groups in total. The van der Waals surface area contributed by atoms with E-state index in [0.717, 1.165) is 6.54 Å². The third-order valence-corrected chi connectivity index (χ3v) is 2.47. The van der Waals surface area contributed by atoms with Crippen molar-refractivity contribution in [2.75, 3.05) is 33.8 Å². The fourth-order valence-corrected chi connectivity index (χ4v) is 1.92. The van der Waals surface area contributed by atoms with Gasteiger partial charge in [0.05, 0.1) is 25.3 Å². The van der Waals surface area contributed by atoms with Gasteiger partial charge in [0, 0.05) is 6.54 Å². The number of amides is 1. The third-order valence-electron chi connectivity index (χ3n) is 2.47. The van der Waals surface area contributed by atoms with Crippen molar-refractivity contribution in [3.8, 4) is 0 Å². The molecule has 0 spiro atoms. The van der Waals surface area contributed by atoms with Crippen LogP contribution in [0.25, 0.3) is 0 Å². The van der Waals surface area contributed by atoms with E-state index in [4.69, 9.17) is 4.74 Å². The average Bonchev–Trinajstić information content (AvgIpc) is 2.46. The highest BCUT2D eigenvalue weighted by atomic mass is 16.6. The lowest BCUT2D eigenvalue weighted by atomic mass is 10.2. The summed E-state index contributed by atoms with van der Waals surface area (Å²) < 4.78 is 4.94. The highest BCUT2D eigenvalue weighted by Crippen LogP contribution is 2.19. The summed E-state index contributed by atoms with van der Waals surface area (Å²) in [4.78, 5) is 15.2. The molecule has 1 fully saturated rings. The molecule has 0 aromatic carbocycles. The maximum absolute atomic E-state index is 11.6. The van der Waals surface area contributed by atoms with Crippen molar-refractivity contribution in [2.45, 2.75) is 25.5 Å². The van der Waals surface area contributed by atoms with Crippen LogP contribution in [0.2, 0.25) is 0 Å². The van der Waals surface area contributed by atoms with Crippen molar-refractivity contribution in [3.63, 3.8) is 0 Å². The fourth-order valence-electron chi connectivity index (χ4n) is 1.92. The number of hydrogen-bond acceptors (Lipinski definition) is 4. The van der Waals surface area contributed by atoms with Crippen LogP contribution in [0.1, 0.15) is 13.3 Å². The molecule has 5 nitrogen and oxygen atoms in total. The zero-order valence-corrected chi connectivity index (χ0v) is 9.64. The Kier molecular flexibility index (Phi) is 4.35. The topological polar surface area (TPSA) is 53.0 Å². The minimum atomic E-state index is -0.417. The van der Waals surface area contributed by atoms with Crippen LogP contribution in [-0.2, 0) is 4.74 Å². The number of ether oxygens (including phenoxy) is 1. The molecule has 1 rings (SSSR count). The van der Waals surface area contributed by atoms with Gasteiger partial charge >= 0.3 is 6.09 Å². The molecule has 0 saturated carbocycles. The van der Waals surface area contributed by atoms with Gasteiger partial charge in [-0.25, -0.2) is 4.79 Å². The molecule has 0 aromatic heterocycles. The van der Waals surface area contributed by atoms with Crippen LogP contribution in [0.4, 0.5) is 4.79 Å². The van der Waals surface area contributed by atoms with Gasteiger partial charge in [-0.1, -0.05) is 0 Å². The molecule has 2 unspecified atom stereocenters. The molecule has 1 saturated heterocycles. The molecular formula is C10H20N2O3. The van der Waals surface area contributed by atoms with E-state index in [1.165, 1.54) is 0 Å². The zero-order chi connectivity index (χ0) is 11.4. The number of likely N-dealkylation sites (tertiary alicyclic amines) is 1. The number of hydrogen-bond donors (Lipinski definition) is 1.